The van der Waals surface area contributed by atoms with E-state index in [1.54, 1.807) is 18.3 Å². The monoisotopic (exact) mass is 339 g/mol. The maximum atomic E-state index is 12.5. The first kappa shape index (κ1) is 16.0. The number of carbonyl (C=O) groups excluding carboxylic acids is 2. The Hall–Kier alpha value is -2.86. The van der Waals surface area contributed by atoms with Gasteiger partial charge in [-0.3, -0.25) is 20.4 Å². The first-order chi connectivity index (χ1) is 11.6. The van der Waals surface area contributed by atoms with Crippen molar-refractivity contribution in [2.45, 2.75) is 13.5 Å². The molecule has 3 aromatic rings. The van der Waals surface area contributed by atoms with Gasteiger partial charge >= 0.3 is 0 Å². The Morgan fingerprint density at radius 3 is 2.62 bits per heavy atom. The quantitative estimate of drug-likeness (QED) is 0.567. The highest BCUT2D eigenvalue weighted by Gasteiger charge is 2.17. The van der Waals surface area contributed by atoms with Crippen LogP contribution in [0, 0.1) is 0 Å². The molecule has 0 atom stereocenters. The van der Waals surface area contributed by atoms with Crippen LogP contribution in [-0.4, -0.2) is 16.4 Å². The normalized spacial score (nSPS) is 10.5. The molecule has 6 heteroatoms. The van der Waals surface area contributed by atoms with E-state index in [2.05, 4.69) is 17.4 Å². The largest absolute Gasteiger partial charge is 0.331 e. The van der Waals surface area contributed by atoms with E-state index in [-0.39, 0.29) is 5.91 Å². The molecule has 2 N–H and O–H groups in total. The summed E-state index contributed by atoms with van der Waals surface area (Å²) >= 11 is 1.58. The fourth-order valence-corrected chi connectivity index (χ4v) is 3.21. The van der Waals surface area contributed by atoms with Gasteiger partial charge in [0, 0.05) is 12.1 Å². The number of nitrogens with one attached hydrogen (secondary N) is 2. The molecule has 0 aliphatic carbocycles. The molecule has 1 aromatic carbocycles. The van der Waals surface area contributed by atoms with E-state index < -0.39 is 5.91 Å². The summed E-state index contributed by atoms with van der Waals surface area (Å²) < 4.78 is 2.98. The minimum atomic E-state index is -0.411. The smallest absolute Gasteiger partial charge is 0.286 e. The van der Waals surface area contributed by atoms with Crippen LogP contribution in [0.1, 0.15) is 23.0 Å². The second-order valence-electron chi connectivity index (χ2n) is 5.46. The van der Waals surface area contributed by atoms with Crippen molar-refractivity contribution >= 4 is 33.4 Å². The van der Waals surface area contributed by atoms with Gasteiger partial charge in [-0.05, 0) is 30.0 Å². The van der Waals surface area contributed by atoms with Gasteiger partial charge in [-0.2, -0.15) is 0 Å². The Labute approximate surface area is 143 Å². The number of amides is 2. The SMILES string of the molecule is C=C(C)C(=O)NNC(=O)c1cc2sccc2n1Cc1ccccc1. The van der Waals surface area contributed by atoms with Gasteiger partial charge in [0.05, 0.1) is 10.2 Å². The molecule has 0 aliphatic heterocycles. The topological polar surface area (TPSA) is 63.1 Å². The molecule has 0 fully saturated rings. The third-order valence-electron chi connectivity index (χ3n) is 3.62. The van der Waals surface area contributed by atoms with Gasteiger partial charge in [0.25, 0.3) is 11.8 Å². The fourth-order valence-electron chi connectivity index (χ4n) is 2.39. The van der Waals surface area contributed by atoms with Crippen molar-refractivity contribution in [3.05, 3.63) is 71.3 Å². The molecule has 24 heavy (non-hydrogen) atoms. The van der Waals surface area contributed by atoms with E-state index in [9.17, 15) is 9.59 Å². The lowest BCUT2D eigenvalue weighted by molar-refractivity contribution is -0.118. The molecule has 0 radical (unpaired) electrons. The van der Waals surface area contributed by atoms with Crippen molar-refractivity contribution in [1.82, 2.24) is 15.4 Å². The predicted molar refractivity (Wildman–Crippen MR) is 95.8 cm³/mol. The van der Waals surface area contributed by atoms with E-state index >= 15 is 0 Å². The third-order valence-corrected chi connectivity index (χ3v) is 4.47. The average Bonchev–Trinajstić information content (AvgIpc) is 3.16. The van der Waals surface area contributed by atoms with Crippen molar-refractivity contribution in [2.24, 2.45) is 0 Å². The number of hydrogen-bond donors (Lipinski definition) is 2. The zero-order valence-corrected chi connectivity index (χ0v) is 14.0. The zero-order chi connectivity index (χ0) is 17.1. The Morgan fingerprint density at radius 2 is 1.92 bits per heavy atom. The van der Waals surface area contributed by atoms with Gasteiger partial charge in [0.2, 0.25) is 0 Å². The van der Waals surface area contributed by atoms with Crippen LogP contribution in [0.15, 0.2) is 60.0 Å². The van der Waals surface area contributed by atoms with Crippen LogP contribution in [0.3, 0.4) is 0 Å². The van der Waals surface area contributed by atoms with Crippen LogP contribution in [0.4, 0.5) is 0 Å². The average molecular weight is 339 g/mol. The van der Waals surface area contributed by atoms with Crippen LogP contribution in [0.2, 0.25) is 0 Å². The van der Waals surface area contributed by atoms with E-state index in [0.717, 1.165) is 15.8 Å². The van der Waals surface area contributed by atoms with Crippen molar-refractivity contribution in [3.63, 3.8) is 0 Å². The first-order valence-electron chi connectivity index (χ1n) is 7.43. The fraction of sp³-hybridized carbons (Fsp3) is 0.111. The van der Waals surface area contributed by atoms with Crippen LogP contribution in [-0.2, 0) is 11.3 Å². The van der Waals surface area contributed by atoms with Crippen molar-refractivity contribution in [2.75, 3.05) is 0 Å². The van der Waals surface area contributed by atoms with Crippen molar-refractivity contribution in [1.29, 1.82) is 0 Å². The summed E-state index contributed by atoms with van der Waals surface area (Å²) in [7, 11) is 0. The second-order valence-corrected chi connectivity index (χ2v) is 6.41. The summed E-state index contributed by atoms with van der Waals surface area (Å²) in [4.78, 5) is 24.0. The standard InChI is InChI=1S/C18H17N3O2S/c1-12(2)17(22)19-20-18(23)15-10-16-14(8-9-24-16)21(15)11-13-6-4-3-5-7-13/h3-10H,1,11H2,2H3,(H,19,22)(H,20,23). The van der Waals surface area contributed by atoms with Gasteiger partial charge in [-0.1, -0.05) is 36.9 Å². The van der Waals surface area contributed by atoms with Crippen LogP contribution >= 0.6 is 11.3 Å². The molecule has 2 amide bonds. The molecule has 0 spiro atoms. The molecular formula is C18H17N3O2S. The number of thiophene rings is 1. The van der Waals surface area contributed by atoms with Gasteiger partial charge in [-0.25, -0.2) is 0 Å². The van der Waals surface area contributed by atoms with E-state index in [1.807, 2.05) is 52.4 Å². The Kier molecular flexibility index (Phi) is 4.48. The summed E-state index contributed by atoms with van der Waals surface area (Å²) in [5.41, 5.74) is 7.73. The molecule has 5 nitrogen and oxygen atoms in total. The van der Waals surface area contributed by atoms with Crippen LogP contribution in [0.25, 0.3) is 10.2 Å². The zero-order valence-electron chi connectivity index (χ0n) is 13.2. The molecule has 0 unspecified atom stereocenters. The summed E-state index contributed by atoms with van der Waals surface area (Å²) in [5, 5.41) is 2.00. The maximum Gasteiger partial charge on any atom is 0.286 e. The van der Waals surface area contributed by atoms with Crippen LogP contribution < -0.4 is 10.9 Å². The van der Waals surface area contributed by atoms with Gasteiger partial charge < -0.3 is 4.57 Å². The van der Waals surface area contributed by atoms with Crippen molar-refractivity contribution in [3.8, 4) is 0 Å². The van der Waals surface area contributed by atoms with Crippen molar-refractivity contribution < 1.29 is 9.59 Å². The van der Waals surface area contributed by atoms with Gasteiger partial charge in [-0.15, -0.1) is 11.3 Å². The lowest BCUT2D eigenvalue weighted by Crippen LogP contribution is -2.42. The minimum Gasteiger partial charge on any atom is -0.331 e. The molecule has 3 rings (SSSR count). The highest BCUT2D eigenvalue weighted by molar-refractivity contribution is 7.17. The minimum absolute atomic E-state index is 0.330. The Morgan fingerprint density at radius 1 is 1.17 bits per heavy atom. The highest BCUT2D eigenvalue weighted by Crippen LogP contribution is 2.26. The maximum absolute atomic E-state index is 12.5. The number of fused-ring (bicyclic) bond motifs is 1. The lowest BCUT2D eigenvalue weighted by atomic mass is 10.2. The third kappa shape index (κ3) is 3.23. The molecule has 2 heterocycles. The summed E-state index contributed by atoms with van der Waals surface area (Å²) in [6, 6.07) is 13.8. The number of carbonyl (C=O) groups is 2. The molecule has 0 aliphatic rings. The van der Waals surface area contributed by atoms with Crippen LogP contribution in [0.5, 0.6) is 0 Å². The number of nitrogens with zero attached hydrogens (tertiary/aromatic N) is 1. The molecule has 2 aromatic heterocycles. The Balaban J connectivity index is 1.88. The number of aromatic nitrogens is 1. The summed E-state index contributed by atoms with van der Waals surface area (Å²) in [6.45, 7) is 5.70. The second kappa shape index (κ2) is 6.72. The number of hydrazine groups is 1. The molecule has 0 saturated carbocycles. The predicted octanol–water partition coefficient (Wildman–Crippen LogP) is 3.09. The van der Waals surface area contributed by atoms with E-state index in [0.29, 0.717) is 17.8 Å². The van der Waals surface area contributed by atoms with Gasteiger partial charge in [0.1, 0.15) is 5.69 Å². The first-order valence-corrected chi connectivity index (χ1v) is 8.31. The molecule has 0 saturated heterocycles. The number of rotatable bonds is 4. The van der Waals surface area contributed by atoms with E-state index in [4.69, 9.17) is 0 Å². The molecule has 122 valence electrons. The lowest BCUT2D eigenvalue weighted by Gasteiger charge is -2.11. The summed E-state index contributed by atoms with van der Waals surface area (Å²) in [5.74, 6) is -0.768. The molecular weight excluding hydrogens is 322 g/mol. The van der Waals surface area contributed by atoms with E-state index in [1.165, 1.54) is 0 Å². The summed E-state index contributed by atoms with van der Waals surface area (Å²) in [6.07, 6.45) is 0. The highest BCUT2D eigenvalue weighted by atomic mass is 32.1. The van der Waals surface area contributed by atoms with Gasteiger partial charge in [0.15, 0.2) is 0 Å². The number of benzene rings is 1. The molecule has 0 bridgehead atoms. The number of hydrogen-bond acceptors (Lipinski definition) is 3. The Bertz CT molecular complexity index is 909.